The van der Waals surface area contributed by atoms with Crippen LogP contribution >= 0.6 is 0 Å². The Labute approximate surface area is 116 Å². The van der Waals surface area contributed by atoms with Crippen LogP contribution in [0.3, 0.4) is 0 Å². The van der Waals surface area contributed by atoms with Crippen molar-refractivity contribution in [1.82, 2.24) is 9.88 Å². The van der Waals surface area contributed by atoms with E-state index in [9.17, 15) is 0 Å². The number of aromatic nitrogens is 1. The largest absolute Gasteiger partial charge is 0.294 e. The molecule has 1 fully saturated rings. The van der Waals surface area contributed by atoms with Crippen LogP contribution in [-0.4, -0.2) is 34.2 Å². The average Bonchev–Trinajstić information content (AvgIpc) is 2.33. The molecule has 0 unspecified atom stereocenters. The molecule has 1 aromatic heterocycles. The zero-order valence-corrected chi connectivity index (χ0v) is 12.4. The lowest BCUT2D eigenvalue weighted by atomic mass is 9.97. The first-order chi connectivity index (χ1) is 8.88. The minimum Gasteiger partial charge on any atom is -0.294 e. The van der Waals surface area contributed by atoms with Crippen LogP contribution in [0.25, 0.3) is 0 Å². The molecule has 1 aromatic rings. The lowest BCUT2D eigenvalue weighted by Crippen LogP contribution is -2.47. The Morgan fingerprint density at radius 1 is 1.37 bits per heavy atom. The molecule has 1 aliphatic rings. The summed E-state index contributed by atoms with van der Waals surface area (Å²) in [7, 11) is 0. The summed E-state index contributed by atoms with van der Waals surface area (Å²) < 4.78 is 0. The van der Waals surface area contributed by atoms with Crippen LogP contribution in [0.4, 0.5) is 5.82 Å². The fraction of sp³-hybridized carbons (Fsp3) is 0.500. The highest BCUT2D eigenvalue weighted by molar-refractivity contribution is 6.02. The first-order valence-corrected chi connectivity index (χ1v) is 6.80. The summed E-state index contributed by atoms with van der Waals surface area (Å²) in [6.45, 7) is 14.9. The van der Waals surface area contributed by atoms with Crippen LogP contribution < -0.4 is 0 Å². The molecule has 0 spiro atoms. The third kappa shape index (κ3) is 3.29. The second-order valence-corrected chi connectivity index (χ2v) is 6.15. The summed E-state index contributed by atoms with van der Waals surface area (Å²) >= 11 is 0. The van der Waals surface area contributed by atoms with Gasteiger partial charge in [-0.2, -0.15) is 0 Å². The van der Waals surface area contributed by atoms with Gasteiger partial charge in [0.1, 0.15) is 0 Å². The number of piperidine rings is 1. The monoisotopic (exact) mass is 257 g/mol. The molecule has 2 heterocycles. The van der Waals surface area contributed by atoms with Gasteiger partial charge in [0.25, 0.3) is 0 Å². The van der Waals surface area contributed by atoms with Gasteiger partial charge < -0.3 is 0 Å². The summed E-state index contributed by atoms with van der Waals surface area (Å²) in [5.74, 6) is 0.822. The van der Waals surface area contributed by atoms with E-state index in [0.717, 1.165) is 42.2 Å². The first-order valence-electron chi connectivity index (χ1n) is 6.80. The fourth-order valence-corrected chi connectivity index (χ4v) is 2.25. The number of aryl methyl sites for hydroxylation is 1. The van der Waals surface area contributed by atoms with Crippen molar-refractivity contribution in [3.05, 3.63) is 36.0 Å². The van der Waals surface area contributed by atoms with E-state index in [0.29, 0.717) is 0 Å². The van der Waals surface area contributed by atoms with Crippen LogP contribution in [0.2, 0.25) is 0 Å². The molecule has 102 valence electrons. The molecule has 0 aliphatic carbocycles. The molecule has 0 saturated carbocycles. The zero-order chi connectivity index (χ0) is 14.0. The van der Waals surface area contributed by atoms with Gasteiger partial charge in [0.05, 0.1) is 0 Å². The van der Waals surface area contributed by atoms with E-state index in [1.807, 2.05) is 19.1 Å². The number of aliphatic imine (C=N–C) groups is 1. The Kier molecular flexibility index (Phi) is 3.85. The second-order valence-electron chi connectivity index (χ2n) is 6.15. The Morgan fingerprint density at radius 3 is 2.68 bits per heavy atom. The van der Waals surface area contributed by atoms with E-state index in [1.165, 1.54) is 0 Å². The molecule has 3 heteroatoms. The van der Waals surface area contributed by atoms with Gasteiger partial charge in [-0.3, -0.25) is 4.90 Å². The average molecular weight is 257 g/mol. The van der Waals surface area contributed by atoms with Crippen LogP contribution in [0.5, 0.6) is 0 Å². The maximum Gasteiger partial charge on any atom is 0.154 e. The third-order valence-corrected chi connectivity index (χ3v) is 3.58. The highest BCUT2D eigenvalue weighted by Crippen LogP contribution is 2.23. The summed E-state index contributed by atoms with van der Waals surface area (Å²) in [6, 6.07) is 3.98. The van der Waals surface area contributed by atoms with E-state index in [2.05, 4.69) is 37.2 Å². The third-order valence-electron chi connectivity index (χ3n) is 3.58. The van der Waals surface area contributed by atoms with E-state index in [1.54, 1.807) is 6.20 Å². The SMILES string of the molecule is C=C1CN(C(C)(C)C)CCC1=Nc1ncccc1C. The van der Waals surface area contributed by atoms with Crippen LogP contribution in [0, 0.1) is 6.92 Å². The van der Waals surface area contributed by atoms with Crippen molar-refractivity contribution in [2.45, 2.75) is 39.7 Å². The molecule has 0 N–H and O–H groups in total. The quantitative estimate of drug-likeness (QED) is 0.770. The molecule has 3 nitrogen and oxygen atoms in total. The molecule has 19 heavy (non-hydrogen) atoms. The maximum absolute atomic E-state index is 4.69. The number of likely N-dealkylation sites (tertiary alicyclic amines) is 1. The second kappa shape index (κ2) is 5.25. The summed E-state index contributed by atoms with van der Waals surface area (Å²) in [6.07, 6.45) is 2.74. The van der Waals surface area contributed by atoms with E-state index in [-0.39, 0.29) is 5.54 Å². The lowest BCUT2D eigenvalue weighted by molar-refractivity contribution is 0.151. The van der Waals surface area contributed by atoms with Gasteiger partial charge in [-0.25, -0.2) is 9.98 Å². The molecular formula is C16H23N3. The fourth-order valence-electron chi connectivity index (χ4n) is 2.25. The highest BCUT2D eigenvalue weighted by Gasteiger charge is 2.27. The number of hydrogen-bond acceptors (Lipinski definition) is 3. The highest BCUT2D eigenvalue weighted by atomic mass is 15.2. The predicted molar refractivity (Wildman–Crippen MR) is 81.2 cm³/mol. The van der Waals surface area contributed by atoms with Gasteiger partial charge in [-0.1, -0.05) is 12.6 Å². The Morgan fingerprint density at radius 2 is 2.11 bits per heavy atom. The van der Waals surface area contributed by atoms with E-state index in [4.69, 9.17) is 4.99 Å². The van der Waals surface area contributed by atoms with E-state index >= 15 is 0 Å². The van der Waals surface area contributed by atoms with Gasteiger partial charge in [0, 0.05) is 37.0 Å². The number of hydrogen-bond donors (Lipinski definition) is 0. The van der Waals surface area contributed by atoms with Gasteiger partial charge in [-0.05, 0) is 44.9 Å². The topological polar surface area (TPSA) is 28.5 Å². The Bertz CT molecular complexity index is 509. The summed E-state index contributed by atoms with van der Waals surface area (Å²) in [4.78, 5) is 11.5. The van der Waals surface area contributed by atoms with E-state index < -0.39 is 0 Å². The van der Waals surface area contributed by atoms with Crippen molar-refractivity contribution in [2.75, 3.05) is 13.1 Å². The molecule has 1 aliphatic heterocycles. The molecular weight excluding hydrogens is 234 g/mol. The van der Waals surface area contributed by atoms with Crippen LogP contribution in [-0.2, 0) is 0 Å². The lowest BCUT2D eigenvalue weighted by Gasteiger charge is -2.39. The molecule has 0 radical (unpaired) electrons. The minimum absolute atomic E-state index is 0.190. The Balaban J connectivity index is 2.17. The summed E-state index contributed by atoms with van der Waals surface area (Å²) in [5, 5.41) is 0. The van der Waals surface area contributed by atoms with Crippen molar-refractivity contribution in [3.63, 3.8) is 0 Å². The van der Waals surface area contributed by atoms with Crippen molar-refractivity contribution < 1.29 is 0 Å². The molecule has 0 aromatic carbocycles. The van der Waals surface area contributed by atoms with Crippen LogP contribution in [0.15, 0.2) is 35.5 Å². The Hall–Kier alpha value is -1.48. The predicted octanol–water partition coefficient (Wildman–Crippen LogP) is 3.52. The van der Waals surface area contributed by atoms with Gasteiger partial charge >= 0.3 is 0 Å². The smallest absolute Gasteiger partial charge is 0.154 e. The molecule has 1 saturated heterocycles. The minimum atomic E-state index is 0.190. The molecule has 0 bridgehead atoms. The van der Waals surface area contributed by atoms with Crippen molar-refractivity contribution >= 4 is 11.5 Å². The van der Waals surface area contributed by atoms with Crippen molar-refractivity contribution in [2.24, 2.45) is 4.99 Å². The zero-order valence-electron chi connectivity index (χ0n) is 12.4. The molecule has 2 rings (SSSR count). The molecule has 0 amide bonds. The van der Waals surface area contributed by atoms with Gasteiger partial charge in [0.15, 0.2) is 5.82 Å². The van der Waals surface area contributed by atoms with Gasteiger partial charge in [-0.15, -0.1) is 0 Å². The van der Waals surface area contributed by atoms with Crippen molar-refractivity contribution in [3.8, 4) is 0 Å². The number of pyridine rings is 1. The van der Waals surface area contributed by atoms with Gasteiger partial charge in [0.2, 0.25) is 0 Å². The van der Waals surface area contributed by atoms with Crippen LogP contribution in [0.1, 0.15) is 32.8 Å². The van der Waals surface area contributed by atoms with Crippen molar-refractivity contribution in [1.29, 1.82) is 0 Å². The number of nitrogens with zero attached hydrogens (tertiary/aromatic N) is 3. The summed E-state index contributed by atoms with van der Waals surface area (Å²) in [5.41, 5.74) is 3.52. The maximum atomic E-state index is 4.69. The molecule has 0 atom stereocenters. The standard InChI is InChI=1S/C16H23N3/c1-12-7-6-9-17-15(12)18-14-8-10-19(11-13(14)2)16(3,4)5/h6-7,9H,2,8,10-11H2,1,3-5H3. The first kappa shape index (κ1) is 13.9. The normalized spacial score (nSPS) is 20.0. The number of rotatable bonds is 1.